The quantitative estimate of drug-likeness (QED) is 0.328. The predicted octanol–water partition coefficient (Wildman–Crippen LogP) is 9.33. The van der Waals surface area contributed by atoms with Gasteiger partial charge in [-0.2, -0.15) is 0 Å². The zero-order chi connectivity index (χ0) is 22.7. The Bertz CT molecular complexity index is 1260. The zero-order valence-electron chi connectivity index (χ0n) is 19.9. The maximum absolute atomic E-state index is 3.43. The highest BCUT2D eigenvalue weighted by Crippen LogP contribution is 2.39. The molecule has 0 spiro atoms. The molecule has 4 aromatic rings. The Morgan fingerprint density at radius 2 is 1.62 bits per heavy atom. The van der Waals surface area contributed by atoms with Crippen molar-refractivity contribution in [2.75, 3.05) is 5.32 Å². The van der Waals surface area contributed by atoms with Gasteiger partial charge in [0.15, 0.2) is 0 Å². The number of anilines is 1. The summed E-state index contributed by atoms with van der Waals surface area (Å²) in [6.45, 7) is 11.0. The molecular weight excluding hydrogens is 386 g/mol. The predicted molar refractivity (Wildman–Crippen MR) is 141 cm³/mol. The summed E-state index contributed by atoms with van der Waals surface area (Å²) in [7, 11) is 0. The number of nitrogens with one attached hydrogen (secondary N) is 1. The Kier molecular flexibility index (Phi) is 6.46. The molecule has 4 aromatic carbocycles. The topological polar surface area (TPSA) is 12.0 Å². The molecule has 0 saturated carbocycles. The van der Waals surface area contributed by atoms with Crippen molar-refractivity contribution in [3.63, 3.8) is 0 Å². The third kappa shape index (κ3) is 4.34. The van der Waals surface area contributed by atoms with E-state index in [2.05, 4.69) is 118 Å². The van der Waals surface area contributed by atoms with E-state index in [1.807, 2.05) is 6.92 Å². The fraction of sp³-hybridized carbons (Fsp3) is 0.226. The average Bonchev–Trinajstić information content (AvgIpc) is 2.83. The second kappa shape index (κ2) is 9.44. The van der Waals surface area contributed by atoms with Gasteiger partial charge >= 0.3 is 0 Å². The summed E-state index contributed by atoms with van der Waals surface area (Å²) in [6.07, 6.45) is 3.21. The third-order valence-corrected chi connectivity index (χ3v) is 6.60. The Balaban J connectivity index is 1.86. The molecule has 0 fully saturated rings. The largest absolute Gasteiger partial charge is 0.359 e. The van der Waals surface area contributed by atoms with Crippen LogP contribution in [0.25, 0.3) is 33.0 Å². The Hall–Kier alpha value is -3.32. The molecule has 0 aliphatic rings. The molecule has 162 valence electrons. The molecule has 1 atom stereocenters. The lowest BCUT2D eigenvalue weighted by molar-refractivity contribution is 0.735. The van der Waals surface area contributed by atoms with Crippen LogP contribution < -0.4 is 5.32 Å². The molecule has 4 rings (SSSR count). The summed E-state index contributed by atoms with van der Waals surface area (Å²) < 4.78 is 0. The van der Waals surface area contributed by atoms with Crippen LogP contribution in [0.4, 0.5) is 5.69 Å². The first-order chi connectivity index (χ1) is 15.5. The normalized spacial score (nSPS) is 12.7. The van der Waals surface area contributed by atoms with E-state index < -0.39 is 0 Å². The highest BCUT2D eigenvalue weighted by atomic mass is 14.9. The van der Waals surface area contributed by atoms with Gasteiger partial charge in [-0.05, 0) is 95.5 Å². The first-order valence-electron chi connectivity index (χ1n) is 11.6. The summed E-state index contributed by atoms with van der Waals surface area (Å²) >= 11 is 0. The summed E-state index contributed by atoms with van der Waals surface area (Å²) in [4.78, 5) is 0. The van der Waals surface area contributed by atoms with Crippen molar-refractivity contribution in [1.82, 2.24) is 0 Å². The fourth-order valence-electron chi connectivity index (χ4n) is 4.39. The molecule has 1 nitrogen and oxygen atoms in total. The second-order valence-electron chi connectivity index (χ2n) is 8.76. The Morgan fingerprint density at radius 1 is 0.906 bits per heavy atom. The molecule has 0 aliphatic heterocycles. The van der Waals surface area contributed by atoms with Crippen LogP contribution in [0.2, 0.25) is 0 Å². The summed E-state index contributed by atoms with van der Waals surface area (Å²) in [5.41, 5.74) is 10.2. The van der Waals surface area contributed by atoms with Gasteiger partial charge in [0.2, 0.25) is 0 Å². The number of aryl methyl sites for hydroxylation is 1. The monoisotopic (exact) mass is 419 g/mol. The van der Waals surface area contributed by atoms with Crippen molar-refractivity contribution >= 4 is 16.5 Å². The molecule has 0 heterocycles. The lowest BCUT2D eigenvalue weighted by atomic mass is 9.84. The molecule has 0 radical (unpaired) electrons. The molecule has 0 bridgehead atoms. The lowest BCUT2D eigenvalue weighted by Crippen LogP contribution is -1.98. The Labute approximate surface area is 192 Å². The molecular formula is C31H33N. The van der Waals surface area contributed by atoms with Crippen molar-refractivity contribution in [2.24, 2.45) is 0 Å². The SMILES string of the molecule is C/C=C(\C)Nc1ccc(-c2ccc(C(C)CC)c(-c3c(C)ccc4ccccc34)c2)cc1. The van der Waals surface area contributed by atoms with Crippen LogP contribution in [0.3, 0.4) is 0 Å². The van der Waals surface area contributed by atoms with Crippen molar-refractivity contribution in [3.05, 3.63) is 102 Å². The smallest absolute Gasteiger partial charge is 0.0382 e. The van der Waals surface area contributed by atoms with Gasteiger partial charge in [-0.15, -0.1) is 0 Å². The molecule has 1 heteroatoms. The molecule has 1 N–H and O–H groups in total. The number of hydrogen-bond donors (Lipinski definition) is 1. The van der Waals surface area contributed by atoms with Gasteiger partial charge in [-0.25, -0.2) is 0 Å². The maximum atomic E-state index is 3.43. The standard InChI is InChI=1S/C31H33N/c1-6-21(3)28-19-16-26(24-14-17-27(18-15-24)32-23(5)7-2)20-30(28)31-22(4)12-13-25-10-8-9-11-29(25)31/h7-21,32H,6H2,1-5H3/b23-7+. The minimum atomic E-state index is 0.507. The lowest BCUT2D eigenvalue weighted by Gasteiger charge is -2.20. The summed E-state index contributed by atoms with van der Waals surface area (Å²) in [5.74, 6) is 0.507. The summed E-state index contributed by atoms with van der Waals surface area (Å²) in [6, 6.07) is 29.0. The van der Waals surface area contributed by atoms with Crippen molar-refractivity contribution in [3.8, 4) is 22.3 Å². The van der Waals surface area contributed by atoms with Crippen LogP contribution in [0.15, 0.2) is 90.6 Å². The van der Waals surface area contributed by atoms with Gasteiger partial charge in [0.25, 0.3) is 0 Å². The highest BCUT2D eigenvalue weighted by Gasteiger charge is 2.16. The van der Waals surface area contributed by atoms with E-state index in [-0.39, 0.29) is 0 Å². The van der Waals surface area contributed by atoms with E-state index >= 15 is 0 Å². The third-order valence-electron chi connectivity index (χ3n) is 6.60. The number of benzene rings is 4. The second-order valence-corrected chi connectivity index (χ2v) is 8.76. The maximum Gasteiger partial charge on any atom is 0.0382 e. The van der Waals surface area contributed by atoms with E-state index in [0.717, 1.165) is 17.8 Å². The van der Waals surface area contributed by atoms with E-state index in [1.165, 1.54) is 44.2 Å². The molecule has 0 saturated heterocycles. The van der Waals surface area contributed by atoms with Crippen LogP contribution in [0, 0.1) is 6.92 Å². The summed E-state index contributed by atoms with van der Waals surface area (Å²) in [5, 5.41) is 6.05. The van der Waals surface area contributed by atoms with Crippen LogP contribution in [0.1, 0.15) is 51.2 Å². The fourth-order valence-corrected chi connectivity index (χ4v) is 4.39. The molecule has 0 amide bonds. The van der Waals surface area contributed by atoms with Gasteiger partial charge in [-0.3, -0.25) is 0 Å². The van der Waals surface area contributed by atoms with Gasteiger partial charge in [-0.1, -0.05) is 80.6 Å². The number of hydrogen-bond acceptors (Lipinski definition) is 1. The van der Waals surface area contributed by atoms with Crippen LogP contribution >= 0.6 is 0 Å². The van der Waals surface area contributed by atoms with E-state index in [0.29, 0.717) is 5.92 Å². The van der Waals surface area contributed by atoms with Gasteiger partial charge in [0, 0.05) is 11.4 Å². The average molecular weight is 420 g/mol. The first kappa shape index (κ1) is 21.9. The van der Waals surface area contributed by atoms with E-state index in [4.69, 9.17) is 0 Å². The first-order valence-corrected chi connectivity index (χ1v) is 11.6. The zero-order valence-corrected chi connectivity index (χ0v) is 19.9. The minimum absolute atomic E-state index is 0.507. The molecule has 32 heavy (non-hydrogen) atoms. The molecule has 1 unspecified atom stereocenters. The highest BCUT2D eigenvalue weighted by molar-refractivity contribution is 5.99. The number of rotatable bonds is 6. The van der Waals surface area contributed by atoms with Crippen molar-refractivity contribution in [2.45, 2.75) is 47.0 Å². The van der Waals surface area contributed by atoms with E-state index in [1.54, 1.807) is 0 Å². The van der Waals surface area contributed by atoms with Crippen LogP contribution in [-0.4, -0.2) is 0 Å². The Morgan fingerprint density at radius 3 is 2.34 bits per heavy atom. The van der Waals surface area contributed by atoms with Crippen LogP contribution in [-0.2, 0) is 0 Å². The van der Waals surface area contributed by atoms with Gasteiger partial charge < -0.3 is 5.32 Å². The number of fused-ring (bicyclic) bond motifs is 1. The minimum Gasteiger partial charge on any atom is -0.359 e. The van der Waals surface area contributed by atoms with E-state index in [9.17, 15) is 0 Å². The van der Waals surface area contributed by atoms with Crippen LogP contribution in [0.5, 0.6) is 0 Å². The van der Waals surface area contributed by atoms with Gasteiger partial charge in [0.05, 0.1) is 0 Å². The molecule has 0 aromatic heterocycles. The van der Waals surface area contributed by atoms with Crippen molar-refractivity contribution < 1.29 is 0 Å². The van der Waals surface area contributed by atoms with Gasteiger partial charge in [0.1, 0.15) is 0 Å². The number of allylic oxidation sites excluding steroid dienone is 2. The molecule has 0 aliphatic carbocycles. The van der Waals surface area contributed by atoms with Crippen molar-refractivity contribution in [1.29, 1.82) is 0 Å².